The smallest absolute Gasteiger partial charge is 0.259 e. The van der Waals surface area contributed by atoms with Crippen molar-refractivity contribution in [2.45, 2.75) is 13.0 Å². The number of carbonyl (C=O) groups is 1. The van der Waals surface area contributed by atoms with Crippen LogP contribution in [0.4, 0.5) is 5.69 Å². The summed E-state index contributed by atoms with van der Waals surface area (Å²) in [6, 6.07) is 11.4. The molecule has 1 unspecified atom stereocenters. The number of para-hydroxylation sites is 1. The minimum atomic E-state index is -0.703. The van der Waals surface area contributed by atoms with Gasteiger partial charge in [-0.2, -0.15) is 0 Å². The van der Waals surface area contributed by atoms with Crippen LogP contribution in [0.15, 0.2) is 42.5 Å². The highest BCUT2D eigenvalue weighted by atomic mass is 16.5. The monoisotopic (exact) mass is 287 g/mol. The number of aliphatic hydroxyl groups excluding tert-OH is 1. The molecule has 2 aromatic carbocycles. The van der Waals surface area contributed by atoms with Crippen LogP contribution in [-0.4, -0.2) is 23.2 Å². The number of amides is 1. The molecule has 0 aliphatic rings. The zero-order valence-electron chi connectivity index (χ0n) is 11.8. The summed E-state index contributed by atoms with van der Waals surface area (Å²) in [5.74, 6) is -0.155. The van der Waals surface area contributed by atoms with Gasteiger partial charge < -0.3 is 20.3 Å². The van der Waals surface area contributed by atoms with Gasteiger partial charge >= 0.3 is 0 Å². The second-order valence-corrected chi connectivity index (χ2v) is 4.60. The van der Waals surface area contributed by atoms with Crippen molar-refractivity contribution in [2.75, 3.05) is 12.4 Å². The molecule has 3 N–H and O–H groups in total. The van der Waals surface area contributed by atoms with Crippen molar-refractivity contribution in [3.05, 3.63) is 53.6 Å². The summed E-state index contributed by atoms with van der Waals surface area (Å²) in [6.07, 6.45) is -0.703. The Bertz CT molecular complexity index is 652. The van der Waals surface area contributed by atoms with Crippen molar-refractivity contribution in [1.29, 1.82) is 0 Å². The number of methoxy groups -OCH3 is 1. The molecule has 1 atom stereocenters. The summed E-state index contributed by atoms with van der Waals surface area (Å²) in [7, 11) is 1.48. The highest BCUT2D eigenvalue weighted by Gasteiger charge is 2.15. The fraction of sp³-hybridized carbons (Fsp3) is 0.188. The van der Waals surface area contributed by atoms with Gasteiger partial charge in [-0.15, -0.1) is 0 Å². The Hall–Kier alpha value is -2.53. The van der Waals surface area contributed by atoms with E-state index in [2.05, 4.69) is 5.32 Å². The Morgan fingerprint density at radius 2 is 1.95 bits per heavy atom. The van der Waals surface area contributed by atoms with E-state index in [0.717, 1.165) is 0 Å². The lowest BCUT2D eigenvalue weighted by atomic mass is 10.1. The molecule has 0 saturated carbocycles. The van der Waals surface area contributed by atoms with E-state index in [1.165, 1.54) is 19.2 Å². The van der Waals surface area contributed by atoms with Gasteiger partial charge in [0, 0.05) is 17.3 Å². The molecule has 0 fully saturated rings. The zero-order valence-corrected chi connectivity index (χ0v) is 11.8. The first-order valence-electron chi connectivity index (χ1n) is 6.48. The van der Waals surface area contributed by atoms with Crippen LogP contribution in [0.5, 0.6) is 11.5 Å². The van der Waals surface area contributed by atoms with Gasteiger partial charge in [-0.25, -0.2) is 0 Å². The van der Waals surface area contributed by atoms with Crippen LogP contribution >= 0.6 is 0 Å². The molecule has 0 spiro atoms. The molecule has 2 aromatic rings. The molecular formula is C16H17NO4. The molecule has 0 bridgehead atoms. The van der Waals surface area contributed by atoms with E-state index < -0.39 is 12.0 Å². The quantitative estimate of drug-likeness (QED) is 0.808. The third-order valence-corrected chi connectivity index (χ3v) is 3.11. The van der Waals surface area contributed by atoms with Crippen molar-refractivity contribution < 1.29 is 19.7 Å². The number of phenols is 1. The van der Waals surface area contributed by atoms with Gasteiger partial charge in [0.15, 0.2) is 0 Å². The number of aromatic hydroxyl groups is 1. The lowest BCUT2D eigenvalue weighted by Crippen LogP contribution is -2.14. The number of anilines is 1. The van der Waals surface area contributed by atoms with Crippen molar-refractivity contribution >= 4 is 11.6 Å². The summed E-state index contributed by atoms with van der Waals surface area (Å²) < 4.78 is 4.97. The van der Waals surface area contributed by atoms with E-state index in [4.69, 9.17) is 4.74 Å². The SMILES string of the molecule is COc1ccc(C(=O)Nc2ccccc2C(C)O)c(O)c1. The lowest BCUT2D eigenvalue weighted by Gasteiger charge is -2.13. The number of ether oxygens (including phenoxy) is 1. The maximum atomic E-state index is 12.2. The Morgan fingerprint density at radius 1 is 1.24 bits per heavy atom. The van der Waals surface area contributed by atoms with Crippen molar-refractivity contribution in [3.8, 4) is 11.5 Å². The number of carbonyl (C=O) groups excluding carboxylic acids is 1. The molecule has 1 amide bonds. The Balaban J connectivity index is 2.26. The first kappa shape index (κ1) is 14.9. The summed E-state index contributed by atoms with van der Waals surface area (Å²) in [6.45, 7) is 1.62. The maximum absolute atomic E-state index is 12.2. The minimum Gasteiger partial charge on any atom is -0.507 e. The molecule has 0 aliphatic heterocycles. The average Bonchev–Trinajstić information content (AvgIpc) is 2.47. The Kier molecular flexibility index (Phi) is 4.45. The van der Waals surface area contributed by atoms with Gasteiger partial charge in [-0.3, -0.25) is 4.79 Å². The number of hydrogen-bond donors (Lipinski definition) is 3. The highest BCUT2D eigenvalue weighted by Crippen LogP contribution is 2.26. The molecule has 0 saturated heterocycles. The number of hydrogen-bond acceptors (Lipinski definition) is 4. The molecular weight excluding hydrogens is 270 g/mol. The molecule has 0 aliphatic carbocycles. The van der Waals surface area contributed by atoms with E-state index >= 15 is 0 Å². The summed E-state index contributed by atoms with van der Waals surface area (Å²) in [5.41, 5.74) is 1.25. The van der Waals surface area contributed by atoms with Gasteiger partial charge in [0.2, 0.25) is 0 Å². The number of phenolic OH excluding ortho intramolecular Hbond substituents is 1. The van der Waals surface area contributed by atoms with E-state index in [-0.39, 0.29) is 11.3 Å². The van der Waals surface area contributed by atoms with Gasteiger partial charge in [0.1, 0.15) is 11.5 Å². The van der Waals surface area contributed by atoms with Crippen LogP contribution in [0.2, 0.25) is 0 Å². The molecule has 2 rings (SSSR count). The second kappa shape index (κ2) is 6.28. The predicted molar refractivity (Wildman–Crippen MR) is 79.7 cm³/mol. The van der Waals surface area contributed by atoms with Gasteiger partial charge in [0.25, 0.3) is 5.91 Å². The van der Waals surface area contributed by atoms with E-state index in [0.29, 0.717) is 17.0 Å². The Morgan fingerprint density at radius 3 is 2.57 bits per heavy atom. The first-order valence-corrected chi connectivity index (χ1v) is 6.48. The molecule has 5 nitrogen and oxygen atoms in total. The van der Waals surface area contributed by atoms with Crippen LogP contribution in [-0.2, 0) is 0 Å². The third-order valence-electron chi connectivity index (χ3n) is 3.11. The van der Waals surface area contributed by atoms with Gasteiger partial charge in [0.05, 0.1) is 18.8 Å². The fourth-order valence-corrected chi connectivity index (χ4v) is 2.00. The minimum absolute atomic E-state index is 0.135. The van der Waals surface area contributed by atoms with E-state index in [9.17, 15) is 15.0 Å². The number of benzene rings is 2. The molecule has 0 aromatic heterocycles. The van der Waals surface area contributed by atoms with Crippen LogP contribution in [0.3, 0.4) is 0 Å². The van der Waals surface area contributed by atoms with Crippen LogP contribution < -0.4 is 10.1 Å². The van der Waals surface area contributed by atoms with Crippen molar-refractivity contribution in [1.82, 2.24) is 0 Å². The van der Waals surface area contributed by atoms with Crippen molar-refractivity contribution in [3.63, 3.8) is 0 Å². The van der Waals surface area contributed by atoms with E-state index in [1.807, 2.05) is 0 Å². The fourth-order valence-electron chi connectivity index (χ4n) is 2.00. The van der Waals surface area contributed by atoms with Crippen LogP contribution in [0, 0.1) is 0 Å². The molecule has 21 heavy (non-hydrogen) atoms. The van der Waals surface area contributed by atoms with Crippen molar-refractivity contribution in [2.24, 2.45) is 0 Å². The van der Waals surface area contributed by atoms with Crippen LogP contribution in [0.1, 0.15) is 28.9 Å². The number of rotatable bonds is 4. The average molecular weight is 287 g/mol. The molecule has 0 radical (unpaired) electrons. The number of nitrogens with one attached hydrogen (secondary N) is 1. The maximum Gasteiger partial charge on any atom is 0.259 e. The third kappa shape index (κ3) is 3.32. The largest absolute Gasteiger partial charge is 0.507 e. The molecule has 5 heteroatoms. The summed E-state index contributed by atoms with van der Waals surface area (Å²) in [4.78, 5) is 12.2. The van der Waals surface area contributed by atoms with Gasteiger partial charge in [-0.05, 0) is 25.1 Å². The van der Waals surface area contributed by atoms with Crippen LogP contribution in [0.25, 0.3) is 0 Å². The summed E-state index contributed by atoms with van der Waals surface area (Å²) >= 11 is 0. The standard InChI is InChI=1S/C16H17NO4/c1-10(18)12-5-3-4-6-14(12)17-16(20)13-8-7-11(21-2)9-15(13)19/h3-10,18-19H,1-2H3,(H,17,20). The van der Waals surface area contributed by atoms with Gasteiger partial charge in [-0.1, -0.05) is 18.2 Å². The second-order valence-electron chi connectivity index (χ2n) is 4.60. The molecule has 110 valence electrons. The molecule has 0 heterocycles. The Labute approximate surface area is 122 Å². The normalized spacial score (nSPS) is 11.8. The summed E-state index contributed by atoms with van der Waals surface area (Å²) in [5, 5.41) is 22.2. The predicted octanol–water partition coefficient (Wildman–Crippen LogP) is 2.71. The topological polar surface area (TPSA) is 78.8 Å². The first-order chi connectivity index (χ1) is 10.0. The lowest BCUT2D eigenvalue weighted by molar-refractivity contribution is 0.102. The highest BCUT2D eigenvalue weighted by molar-refractivity contribution is 6.06. The van der Waals surface area contributed by atoms with E-state index in [1.54, 1.807) is 37.3 Å². The number of aliphatic hydroxyl groups is 1. The zero-order chi connectivity index (χ0) is 15.4.